The van der Waals surface area contributed by atoms with Gasteiger partial charge in [0.05, 0.1) is 0 Å². The van der Waals surface area contributed by atoms with Crippen molar-refractivity contribution < 1.29 is 24.3 Å². The first-order valence-corrected chi connectivity index (χ1v) is 12.1. The Morgan fingerprint density at radius 1 is 1.19 bits per heavy atom. The first kappa shape index (κ1) is 25.7. The highest BCUT2D eigenvalue weighted by Crippen LogP contribution is 2.34. The molecule has 0 spiro atoms. The number of carbonyl (C=O) groups is 2. The third kappa shape index (κ3) is 7.53. The van der Waals surface area contributed by atoms with E-state index < -0.39 is 11.9 Å². The largest absolute Gasteiger partial charge is 0.478 e. The summed E-state index contributed by atoms with van der Waals surface area (Å²) < 4.78 is 5.61. The first-order chi connectivity index (χ1) is 15.4. The summed E-state index contributed by atoms with van der Waals surface area (Å²) >= 11 is 1.63. The fourth-order valence-corrected chi connectivity index (χ4v) is 4.33. The number of carboxylic acids is 2. The lowest BCUT2D eigenvalue weighted by molar-refractivity contribution is -0.134. The Hall–Kier alpha value is -2.58. The third-order valence-corrected chi connectivity index (χ3v) is 5.94. The predicted octanol–water partition coefficient (Wildman–Crippen LogP) is 4.75. The van der Waals surface area contributed by atoms with Gasteiger partial charge in [0.15, 0.2) is 5.76 Å². The van der Waals surface area contributed by atoms with Crippen LogP contribution >= 0.6 is 11.8 Å². The lowest BCUT2D eigenvalue weighted by atomic mass is 9.84. The van der Waals surface area contributed by atoms with Crippen molar-refractivity contribution in [3.8, 4) is 11.3 Å². The van der Waals surface area contributed by atoms with Crippen LogP contribution in [0.3, 0.4) is 0 Å². The Bertz CT molecular complexity index is 903. The Kier molecular flexibility index (Phi) is 10.5. The fourth-order valence-electron chi connectivity index (χ4n) is 3.99. The summed E-state index contributed by atoms with van der Waals surface area (Å²) in [5, 5.41) is 20.7. The van der Waals surface area contributed by atoms with Gasteiger partial charge in [0, 0.05) is 29.8 Å². The predicted molar refractivity (Wildman–Crippen MR) is 126 cm³/mol. The van der Waals surface area contributed by atoms with Crippen LogP contribution in [0.25, 0.3) is 11.3 Å². The molecular formula is C24H32N2O5S. The van der Waals surface area contributed by atoms with Crippen LogP contribution in [-0.4, -0.2) is 57.6 Å². The molecule has 174 valence electrons. The van der Waals surface area contributed by atoms with Crippen LogP contribution in [0.5, 0.6) is 0 Å². The van der Waals surface area contributed by atoms with Gasteiger partial charge in [-0.1, -0.05) is 37.2 Å². The van der Waals surface area contributed by atoms with E-state index in [4.69, 9.17) is 14.7 Å². The van der Waals surface area contributed by atoms with Gasteiger partial charge in [-0.15, -0.1) is 11.8 Å². The summed E-state index contributed by atoms with van der Waals surface area (Å²) in [5.41, 5.74) is 4.19. The Morgan fingerprint density at radius 3 is 2.38 bits per heavy atom. The van der Waals surface area contributed by atoms with Gasteiger partial charge in [0.25, 0.3) is 0 Å². The molecule has 1 aliphatic rings. The zero-order chi connectivity index (χ0) is 23.5. The number of rotatable bonds is 9. The van der Waals surface area contributed by atoms with E-state index in [-0.39, 0.29) is 0 Å². The van der Waals surface area contributed by atoms with Crippen LogP contribution in [-0.2, 0) is 22.4 Å². The molecule has 0 bridgehead atoms. The van der Waals surface area contributed by atoms with Gasteiger partial charge in [-0.3, -0.25) is 0 Å². The topological polar surface area (TPSA) is 104 Å². The number of aliphatic carboxylic acids is 2. The molecule has 3 rings (SSSR count). The molecule has 0 aliphatic heterocycles. The van der Waals surface area contributed by atoms with Crippen molar-refractivity contribution in [1.82, 2.24) is 10.1 Å². The molecule has 0 fully saturated rings. The van der Waals surface area contributed by atoms with Crippen molar-refractivity contribution >= 4 is 23.7 Å². The van der Waals surface area contributed by atoms with Crippen LogP contribution in [0.2, 0.25) is 0 Å². The summed E-state index contributed by atoms with van der Waals surface area (Å²) in [6.45, 7) is 6.97. The highest BCUT2D eigenvalue weighted by atomic mass is 32.2. The van der Waals surface area contributed by atoms with Crippen molar-refractivity contribution in [1.29, 1.82) is 0 Å². The lowest BCUT2D eigenvalue weighted by Gasteiger charge is -2.35. The van der Waals surface area contributed by atoms with E-state index in [1.165, 1.54) is 55.5 Å². The van der Waals surface area contributed by atoms with Crippen LogP contribution < -0.4 is 0 Å². The summed E-state index contributed by atoms with van der Waals surface area (Å²) in [4.78, 5) is 21.8. The van der Waals surface area contributed by atoms with E-state index >= 15 is 0 Å². The summed E-state index contributed by atoms with van der Waals surface area (Å²) in [5.74, 6) is -1.60. The maximum Gasteiger partial charge on any atom is 0.328 e. The number of thioether (sulfide) groups is 1. The zero-order valence-electron chi connectivity index (χ0n) is 18.9. The van der Waals surface area contributed by atoms with Crippen molar-refractivity contribution in [3.63, 3.8) is 0 Å². The van der Waals surface area contributed by atoms with E-state index in [0.29, 0.717) is 18.2 Å². The van der Waals surface area contributed by atoms with Crippen LogP contribution in [0, 0.1) is 0 Å². The van der Waals surface area contributed by atoms with E-state index in [1.807, 2.05) is 6.26 Å². The van der Waals surface area contributed by atoms with Crippen molar-refractivity contribution in [2.75, 3.05) is 19.3 Å². The van der Waals surface area contributed by atoms with Gasteiger partial charge in [-0.25, -0.2) is 9.59 Å². The number of hydrogen-bond acceptors (Lipinski definition) is 6. The monoisotopic (exact) mass is 460 g/mol. The highest BCUT2D eigenvalue weighted by molar-refractivity contribution is 7.98. The van der Waals surface area contributed by atoms with E-state index in [9.17, 15) is 9.59 Å². The molecule has 0 radical (unpaired) electrons. The molecule has 0 amide bonds. The van der Waals surface area contributed by atoms with Gasteiger partial charge in [0.1, 0.15) is 5.03 Å². The first-order valence-electron chi connectivity index (χ1n) is 10.9. The zero-order valence-corrected chi connectivity index (χ0v) is 19.7. The van der Waals surface area contributed by atoms with Crippen LogP contribution in [0.4, 0.5) is 0 Å². The van der Waals surface area contributed by atoms with Crippen molar-refractivity contribution in [3.05, 3.63) is 47.5 Å². The second kappa shape index (κ2) is 13.1. The molecule has 2 N–H and O–H groups in total. The lowest BCUT2D eigenvalue weighted by Crippen LogP contribution is -2.40. The van der Waals surface area contributed by atoms with E-state index in [1.54, 1.807) is 11.8 Å². The van der Waals surface area contributed by atoms with E-state index in [2.05, 4.69) is 48.2 Å². The second-order valence-electron chi connectivity index (χ2n) is 7.62. The normalized spacial score (nSPS) is 15.3. The maximum absolute atomic E-state index is 9.55. The Balaban J connectivity index is 0.000000390. The van der Waals surface area contributed by atoms with Gasteiger partial charge in [-0.2, -0.15) is 0 Å². The molecule has 1 atom stereocenters. The van der Waals surface area contributed by atoms with E-state index in [0.717, 1.165) is 17.2 Å². The number of carboxylic acid groups (broad SMARTS) is 2. The Labute approximate surface area is 193 Å². The van der Waals surface area contributed by atoms with Crippen LogP contribution in [0.1, 0.15) is 44.2 Å². The van der Waals surface area contributed by atoms with Gasteiger partial charge < -0.3 is 19.6 Å². The SMILES string of the molecule is CCCN(CCC)C1CCc2cccc(-c3cc(SC)no3)c2C1.O=C(O)/C=C\C(=O)O. The molecule has 7 nitrogen and oxygen atoms in total. The third-order valence-electron chi connectivity index (χ3n) is 5.33. The summed E-state index contributed by atoms with van der Waals surface area (Å²) in [7, 11) is 0. The molecule has 8 heteroatoms. The average Bonchev–Trinajstić information content (AvgIpc) is 3.26. The van der Waals surface area contributed by atoms with Crippen molar-refractivity contribution in [2.24, 2.45) is 0 Å². The van der Waals surface area contributed by atoms with Gasteiger partial charge in [0.2, 0.25) is 0 Å². The standard InChI is InChI=1S/C20H28N2OS.C4H4O4/c1-4-11-22(12-5-2)16-10-9-15-7-6-8-17(18(15)13-16)19-14-20(24-3)21-23-19;5-3(6)1-2-4(7)8/h6-8,14,16H,4-5,9-13H2,1-3H3;1-2H,(H,5,6)(H,7,8)/b;2-1-. The number of nitrogens with zero attached hydrogens (tertiary/aromatic N) is 2. The molecule has 2 aromatic rings. The minimum absolute atomic E-state index is 0.558. The smallest absolute Gasteiger partial charge is 0.328 e. The number of hydrogen-bond donors (Lipinski definition) is 2. The molecule has 32 heavy (non-hydrogen) atoms. The summed E-state index contributed by atoms with van der Waals surface area (Å²) in [6.07, 6.45) is 9.16. The Morgan fingerprint density at radius 2 is 1.84 bits per heavy atom. The maximum atomic E-state index is 9.55. The molecule has 0 saturated carbocycles. The molecule has 1 aliphatic carbocycles. The second-order valence-corrected chi connectivity index (χ2v) is 8.45. The fraction of sp³-hybridized carbons (Fsp3) is 0.458. The number of aromatic nitrogens is 1. The molecular weight excluding hydrogens is 428 g/mol. The minimum Gasteiger partial charge on any atom is -0.478 e. The van der Waals surface area contributed by atoms with Gasteiger partial charge in [-0.05, 0) is 62.6 Å². The quantitative estimate of drug-likeness (QED) is 0.408. The molecule has 1 unspecified atom stereocenters. The average molecular weight is 461 g/mol. The number of benzene rings is 1. The van der Waals surface area contributed by atoms with Gasteiger partial charge >= 0.3 is 11.9 Å². The molecule has 1 heterocycles. The number of aryl methyl sites for hydroxylation is 1. The molecule has 1 aromatic carbocycles. The molecule has 1 aromatic heterocycles. The number of fused-ring (bicyclic) bond motifs is 1. The highest BCUT2D eigenvalue weighted by Gasteiger charge is 2.26. The van der Waals surface area contributed by atoms with Crippen LogP contribution in [0.15, 0.2) is 46.0 Å². The molecule has 0 saturated heterocycles. The minimum atomic E-state index is -1.26. The summed E-state index contributed by atoms with van der Waals surface area (Å²) in [6, 6.07) is 9.35. The van der Waals surface area contributed by atoms with Crippen molar-refractivity contribution in [2.45, 2.75) is 57.0 Å².